The van der Waals surface area contributed by atoms with Crippen LogP contribution in [0.5, 0.6) is 0 Å². The minimum atomic E-state index is -1.62. The molecule has 0 radical (unpaired) electrons. The molecule has 9 heteroatoms. The van der Waals surface area contributed by atoms with E-state index < -0.39 is 22.4 Å². The maximum atomic E-state index is 11.3. The molecule has 122 valence electrons. The lowest BCUT2D eigenvalue weighted by atomic mass is 10.1. The molecule has 3 N–H and O–H groups in total. The molecule has 0 atom stereocenters. The van der Waals surface area contributed by atoms with Crippen LogP contribution in [-0.4, -0.2) is 21.6 Å². The van der Waals surface area contributed by atoms with Gasteiger partial charge in [0.15, 0.2) is 0 Å². The molecule has 0 aliphatic carbocycles. The van der Waals surface area contributed by atoms with Crippen LogP contribution in [0.2, 0.25) is 0 Å². The Hall–Kier alpha value is -2.30. The van der Waals surface area contributed by atoms with Crippen molar-refractivity contribution >= 4 is 29.1 Å². The van der Waals surface area contributed by atoms with Gasteiger partial charge in [-0.3, -0.25) is 15.6 Å². The van der Waals surface area contributed by atoms with Crippen molar-refractivity contribution in [1.29, 1.82) is 0 Å². The monoisotopic (exact) mass is 336 g/mol. The fourth-order valence-corrected chi connectivity index (χ4v) is 2.98. The van der Waals surface area contributed by atoms with Gasteiger partial charge in [-0.1, -0.05) is 30.3 Å². The number of carboxylic acid groups (broad SMARTS) is 1. The summed E-state index contributed by atoms with van der Waals surface area (Å²) >= 11 is 1.02. The Morgan fingerprint density at radius 2 is 1.78 bits per heavy atom. The average Bonchev–Trinajstić information content (AvgIpc) is 2.52. The van der Waals surface area contributed by atoms with E-state index in [9.17, 15) is 25.5 Å². The summed E-state index contributed by atoms with van der Waals surface area (Å²) in [6, 6.07) is 10.9. The van der Waals surface area contributed by atoms with Gasteiger partial charge in [-0.25, -0.2) is 0 Å². The fourth-order valence-electron chi connectivity index (χ4n) is 1.89. The van der Waals surface area contributed by atoms with Crippen LogP contribution in [0.4, 0.5) is 11.4 Å². The highest BCUT2D eigenvalue weighted by Crippen LogP contribution is 2.37. The first-order chi connectivity index (χ1) is 10.9. The third-order valence-electron chi connectivity index (χ3n) is 2.94. The smallest absolute Gasteiger partial charge is 0.111 e. The summed E-state index contributed by atoms with van der Waals surface area (Å²) in [5.74, 6) is -1.27. The number of carboxylic acids is 1. The normalized spacial score (nSPS) is 10.4. The van der Waals surface area contributed by atoms with Crippen LogP contribution in [0.1, 0.15) is 15.9 Å². The molecule has 0 saturated heterocycles. The molecule has 0 aliphatic heterocycles. The number of hydrogen-bond donors (Lipinski definition) is 3. The lowest BCUT2D eigenvalue weighted by Gasteiger charge is -2.26. The van der Waals surface area contributed by atoms with Crippen molar-refractivity contribution in [3.8, 4) is 0 Å². The van der Waals surface area contributed by atoms with Crippen molar-refractivity contribution in [3.63, 3.8) is 0 Å². The maximum absolute atomic E-state index is 11.3. The van der Waals surface area contributed by atoms with Gasteiger partial charge in [0.1, 0.15) is 5.69 Å². The summed E-state index contributed by atoms with van der Waals surface area (Å²) in [5.41, 5.74) is -0.401. The van der Waals surface area contributed by atoms with Crippen LogP contribution in [-0.2, 0) is 5.75 Å². The van der Waals surface area contributed by atoms with Crippen LogP contribution < -0.4 is 15.6 Å². The fraction of sp³-hybridized carbons (Fsp3) is 0.0714. The number of nitrogens with zero attached hydrogens (tertiary/aromatic N) is 2. The Bertz CT molecular complexity index is 693. The zero-order valence-electron chi connectivity index (χ0n) is 11.6. The lowest BCUT2D eigenvalue weighted by Crippen LogP contribution is -2.25. The second-order valence-electron chi connectivity index (χ2n) is 4.47. The van der Waals surface area contributed by atoms with Crippen molar-refractivity contribution in [2.75, 3.05) is 10.5 Å². The first kappa shape index (κ1) is 17.1. The van der Waals surface area contributed by atoms with Crippen LogP contribution in [0.25, 0.3) is 0 Å². The van der Waals surface area contributed by atoms with E-state index in [0.29, 0.717) is 5.75 Å². The molecule has 0 bridgehead atoms. The molecular weight excluding hydrogens is 324 g/mol. The van der Waals surface area contributed by atoms with Gasteiger partial charge < -0.3 is 20.3 Å². The van der Waals surface area contributed by atoms with Gasteiger partial charge in [-0.15, -0.1) is 17.0 Å². The summed E-state index contributed by atoms with van der Waals surface area (Å²) in [6.07, 6.45) is 0. The number of anilines is 2. The summed E-state index contributed by atoms with van der Waals surface area (Å²) in [6.45, 7) is 0. The second kappa shape index (κ2) is 7.31. The Kier molecular flexibility index (Phi) is 5.42. The van der Waals surface area contributed by atoms with Gasteiger partial charge >= 0.3 is 0 Å². The van der Waals surface area contributed by atoms with E-state index in [0.717, 1.165) is 29.5 Å². The third kappa shape index (κ3) is 4.12. The highest BCUT2D eigenvalue weighted by Gasteiger charge is 2.17. The van der Waals surface area contributed by atoms with Gasteiger partial charge in [-0.2, -0.15) is 0 Å². The van der Waals surface area contributed by atoms with Gasteiger partial charge in [0.25, 0.3) is 0 Å². The average molecular weight is 336 g/mol. The van der Waals surface area contributed by atoms with Crippen LogP contribution in [0, 0.1) is 5.21 Å². The van der Waals surface area contributed by atoms with Gasteiger partial charge in [0.2, 0.25) is 0 Å². The lowest BCUT2D eigenvalue weighted by molar-refractivity contribution is -0.255. The summed E-state index contributed by atoms with van der Waals surface area (Å²) < 4.78 is 0. The second-order valence-corrected chi connectivity index (χ2v) is 5.45. The van der Waals surface area contributed by atoms with Crippen molar-refractivity contribution < 1.29 is 25.5 Å². The third-order valence-corrected chi connectivity index (χ3v) is 4.13. The molecule has 0 amide bonds. The van der Waals surface area contributed by atoms with E-state index in [1.807, 2.05) is 30.3 Å². The number of thioether (sulfide) groups is 1. The van der Waals surface area contributed by atoms with Gasteiger partial charge in [-0.05, 0) is 17.7 Å². The Labute approximate surface area is 135 Å². The van der Waals surface area contributed by atoms with E-state index >= 15 is 0 Å². The number of rotatable bonds is 6. The number of carbonyl (C=O) groups is 1. The number of benzene rings is 2. The van der Waals surface area contributed by atoms with E-state index in [2.05, 4.69) is 0 Å². The van der Waals surface area contributed by atoms with Crippen LogP contribution >= 0.6 is 11.8 Å². The molecule has 0 fully saturated rings. The van der Waals surface area contributed by atoms with Crippen molar-refractivity contribution in [2.24, 2.45) is 0 Å². The standard InChI is InChI=1S/C14H13N2O6S/c17-14(18)11-6-10(15(19)20)7-12(16(21)22)13(11)23-8-9-4-2-1-3-5-9/h1-7,19,21-22H,8H2,(H,17,18)/q-1/p-1. The molecule has 0 aromatic heterocycles. The molecule has 0 saturated carbocycles. The van der Waals surface area contributed by atoms with E-state index in [-0.39, 0.29) is 15.8 Å². The van der Waals surface area contributed by atoms with E-state index in [4.69, 9.17) is 5.21 Å². The number of carbonyl (C=O) groups excluding carboxylic acids is 1. The highest BCUT2D eigenvalue weighted by molar-refractivity contribution is 7.98. The molecule has 2 aromatic carbocycles. The maximum Gasteiger partial charge on any atom is 0.111 e. The molecule has 0 aliphatic rings. The highest BCUT2D eigenvalue weighted by atomic mass is 32.2. The summed E-state index contributed by atoms with van der Waals surface area (Å²) in [5, 5.41) is 48.8. The van der Waals surface area contributed by atoms with Crippen LogP contribution in [0.15, 0.2) is 47.4 Å². The molecule has 2 rings (SSSR count). The first-order valence-corrected chi connectivity index (χ1v) is 7.29. The topological polar surface area (TPSA) is 130 Å². The SMILES string of the molecule is O=C([O-])c1cc(N([O-])O)cc(N(O)O)c1SCc1ccccc1. The summed E-state index contributed by atoms with van der Waals surface area (Å²) in [7, 11) is 0. The Balaban J connectivity index is 2.44. The molecule has 0 spiro atoms. The van der Waals surface area contributed by atoms with Crippen molar-refractivity contribution in [3.05, 3.63) is 58.8 Å². The van der Waals surface area contributed by atoms with Crippen molar-refractivity contribution in [2.45, 2.75) is 10.6 Å². The molecule has 0 unspecified atom stereocenters. The van der Waals surface area contributed by atoms with E-state index in [1.54, 1.807) is 0 Å². The minimum Gasteiger partial charge on any atom is -0.733 e. The zero-order chi connectivity index (χ0) is 17.0. The number of aromatic carboxylic acids is 1. The number of hydrogen-bond acceptors (Lipinski definition) is 9. The predicted molar refractivity (Wildman–Crippen MR) is 80.5 cm³/mol. The quantitative estimate of drug-likeness (QED) is 0.532. The zero-order valence-corrected chi connectivity index (χ0v) is 12.4. The largest absolute Gasteiger partial charge is 0.733 e. The summed E-state index contributed by atoms with van der Waals surface area (Å²) in [4.78, 5) is 11.3. The van der Waals surface area contributed by atoms with Crippen molar-refractivity contribution in [1.82, 2.24) is 0 Å². The van der Waals surface area contributed by atoms with E-state index in [1.165, 1.54) is 0 Å². The molecule has 8 nitrogen and oxygen atoms in total. The van der Waals surface area contributed by atoms with Gasteiger partial charge in [0.05, 0.1) is 11.7 Å². The first-order valence-electron chi connectivity index (χ1n) is 6.30. The molecule has 2 aromatic rings. The minimum absolute atomic E-state index is 0.00977. The predicted octanol–water partition coefficient (Wildman–Crippen LogP) is 1.62. The van der Waals surface area contributed by atoms with Crippen LogP contribution in [0.3, 0.4) is 0 Å². The Morgan fingerprint density at radius 1 is 1.13 bits per heavy atom. The molecule has 0 heterocycles. The Morgan fingerprint density at radius 3 is 2.30 bits per heavy atom. The van der Waals surface area contributed by atoms with Gasteiger partial charge in [0, 0.05) is 16.2 Å². The molecular formula is C14H12N2O6S-2. The molecule has 23 heavy (non-hydrogen) atoms.